The fraction of sp³-hybridized carbons (Fsp3) is 0.667. The average molecular weight is 277 g/mol. The Balaban J connectivity index is 2.87. The molecule has 2 nitrogen and oxygen atoms in total. The number of hydrogen-bond acceptors (Lipinski definition) is 2. The van der Waals surface area contributed by atoms with E-state index in [0.717, 1.165) is 26.2 Å². The van der Waals surface area contributed by atoms with Crippen LogP contribution in [0.3, 0.4) is 0 Å². The van der Waals surface area contributed by atoms with Gasteiger partial charge in [-0.25, -0.2) is 0 Å². The number of likely N-dealkylation sites (N-methyl/N-ethyl adjacent to an activating group) is 1. The molecule has 0 bridgehead atoms. The third-order valence-electron chi connectivity index (χ3n) is 3.99. The summed E-state index contributed by atoms with van der Waals surface area (Å²) in [7, 11) is 0. The quantitative estimate of drug-likeness (QED) is 0.646. The summed E-state index contributed by atoms with van der Waals surface area (Å²) < 4.78 is 5.83. The largest absolute Gasteiger partial charge is 0.380 e. The van der Waals surface area contributed by atoms with Gasteiger partial charge in [0.2, 0.25) is 0 Å². The van der Waals surface area contributed by atoms with Gasteiger partial charge in [0.05, 0.1) is 6.61 Å². The average Bonchev–Trinajstić information content (AvgIpc) is 2.48. The van der Waals surface area contributed by atoms with Crippen LogP contribution in [-0.2, 0) is 4.74 Å². The summed E-state index contributed by atoms with van der Waals surface area (Å²) in [6, 6.07) is 11.3. The highest BCUT2D eigenvalue weighted by molar-refractivity contribution is 5.22. The minimum Gasteiger partial charge on any atom is -0.380 e. The lowest BCUT2D eigenvalue weighted by molar-refractivity contribution is 0.0968. The van der Waals surface area contributed by atoms with Crippen LogP contribution < -0.4 is 5.32 Å². The molecule has 0 radical (unpaired) electrons. The standard InChI is InChI=1S/C18H31NO/c1-5-13-20-14-17(19-7-3)18(15(4)6-2)16-11-9-8-10-12-16/h8-12,15,17-19H,5-7,13-14H2,1-4H3. The Hall–Kier alpha value is -0.860. The van der Waals surface area contributed by atoms with Crippen molar-refractivity contribution in [3.8, 4) is 0 Å². The Kier molecular flexibility index (Phi) is 8.56. The van der Waals surface area contributed by atoms with Gasteiger partial charge in [0, 0.05) is 18.6 Å². The highest BCUT2D eigenvalue weighted by Crippen LogP contribution is 2.30. The number of ether oxygens (including phenoxy) is 1. The first-order valence-electron chi connectivity index (χ1n) is 8.10. The SMILES string of the molecule is CCCOCC(NCC)C(c1ccccc1)C(C)CC. The van der Waals surface area contributed by atoms with Gasteiger partial charge in [-0.15, -0.1) is 0 Å². The summed E-state index contributed by atoms with van der Waals surface area (Å²) in [5, 5.41) is 3.63. The molecular formula is C18H31NO. The van der Waals surface area contributed by atoms with Gasteiger partial charge in [-0.3, -0.25) is 0 Å². The normalized spacial score (nSPS) is 15.8. The Labute approximate surface area is 124 Å². The second-order valence-corrected chi connectivity index (χ2v) is 5.56. The van der Waals surface area contributed by atoms with Crippen molar-refractivity contribution in [3.05, 3.63) is 35.9 Å². The molecule has 0 aliphatic rings. The maximum atomic E-state index is 5.83. The zero-order valence-corrected chi connectivity index (χ0v) is 13.6. The second kappa shape index (κ2) is 9.95. The zero-order chi connectivity index (χ0) is 14.8. The summed E-state index contributed by atoms with van der Waals surface area (Å²) >= 11 is 0. The first-order chi connectivity index (χ1) is 9.74. The molecule has 0 fully saturated rings. The predicted molar refractivity (Wildman–Crippen MR) is 87.2 cm³/mol. The van der Waals surface area contributed by atoms with Gasteiger partial charge in [0.25, 0.3) is 0 Å². The molecule has 1 aromatic rings. The second-order valence-electron chi connectivity index (χ2n) is 5.56. The van der Waals surface area contributed by atoms with Gasteiger partial charge in [0.15, 0.2) is 0 Å². The van der Waals surface area contributed by atoms with Gasteiger partial charge in [-0.2, -0.15) is 0 Å². The molecule has 1 N–H and O–H groups in total. The van der Waals surface area contributed by atoms with Crippen LogP contribution >= 0.6 is 0 Å². The van der Waals surface area contributed by atoms with E-state index >= 15 is 0 Å². The number of rotatable bonds is 10. The number of benzene rings is 1. The van der Waals surface area contributed by atoms with E-state index in [1.54, 1.807) is 0 Å². The molecule has 0 amide bonds. The molecule has 20 heavy (non-hydrogen) atoms. The summed E-state index contributed by atoms with van der Waals surface area (Å²) in [5.41, 5.74) is 1.42. The van der Waals surface area contributed by atoms with Crippen molar-refractivity contribution in [3.63, 3.8) is 0 Å². The lowest BCUT2D eigenvalue weighted by Gasteiger charge is -2.32. The molecule has 0 saturated heterocycles. The first kappa shape index (κ1) is 17.2. The van der Waals surface area contributed by atoms with Crippen molar-refractivity contribution in [2.45, 2.75) is 52.5 Å². The van der Waals surface area contributed by atoms with Crippen LogP contribution in [0.2, 0.25) is 0 Å². The molecule has 0 aliphatic heterocycles. The molecule has 1 aromatic carbocycles. The summed E-state index contributed by atoms with van der Waals surface area (Å²) in [5.74, 6) is 1.16. The molecule has 3 atom stereocenters. The molecule has 0 spiro atoms. The van der Waals surface area contributed by atoms with Gasteiger partial charge < -0.3 is 10.1 Å². The summed E-state index contributed by atoms with van der Waals surface area (Å²) in [6.07, 6.45) is 2.27. The van der Waals surface area contributed by atoms with Crippen LogP contribution in [0, 0.1) is 5.92 Å². The fourth-order valence-corrected chi connectivity index (χ4v) is 2.79. The highest BCUT2D eigenvalue weighted by Gasteiger charge is 2.27. The van der Waals surface area contributed by atoms with E-state index in [1.807, 2.05) is 0 Å². The first-order valence-corrected chi connectivity index (χ1v) is 8.10. The van der Waals surface area contributed by atoms with Crippen LogP contribution in [0.5, 0.6) is 0 Å². The molecule has 0 aromatic heterocycles. The van der Waals surface area contributed by atoms with Crippen molar-refractivity contribution in [1.29, 1.82) is 0 Å². The molecule has 3 unspecified atom stereocenters. The van der Waals surface area contributed by atoms with E-state index in [1.165, 1.54) is 12.0 Å². The van der Waals surface area contributed by atoms with Gasteiger partial charge in [0.1, 0.15) is 0 Å². The monoisotopic (exact) mass is 277 g/mol. The maximum absolute atomic E-state index is 5.83. The van der Waals surface area contributed by atoms with E-state index in [0.29, 0.717) is 17.9 Å². The lowest BCUT2D eigenvalue weighted by Crippen LogP contribution is -2.41. The van der Waals surface area contributed by atoms with Crippen molar-refractivity contribution >= 4 is 0 Å². The van der Waals surface area contributed by atoms with Gasteiger partial charge in [-0.1, -0.05) is 64.4 Å². The Bertz CT molecular complexity index is 339. The zero-order valence-electron chi connectivity index (χ0n) is 13.6. The van der Waals surface area contributed by atoms with Crippen LogP contribution in [-0.4, -0.2) is 25.8 Å². The minimum absolute atomic E-state index is 0.393. The van der Waals surface area contributed by atoms with Crippen molar-refractivity contribution in [1.82, 2.24) is 5.32 Å². The van der Waals surface area contributed by atoms with Crippen LogP contribution in [0.4, 0.5) is 0 Å². The molecule has 114 valence electrons. The van der Waals surface area contributed by atoms with Crippen LogP contribution in [0.25, 0.3) is 0 Å². The van der Waals surface area contributed by atoms with Crippen molar-refractivity contribution in [2.75, 3.05) is 19.8 Å². The molecule has 1 rings (SSSR count). The highest BCUT2D eigenvalue weighted by atomic mass is 16.5. The molecule has 0 heterocycles. The minimum atomic E-state index is 0.393. The lowest BCUT2D eigenvalue weighted by atomic mass is 9.80. The number of nitrogens with one attached hydrogen (secondary N) is 1. The molecular weight excluding hydrogens is 246 g/mol. The van der Waals surface area contributed by atoms with Crippen LogP contribution in [0.15, 0.2) is 30.3 Å². The molecule has 0 saturated carbocycles. The van der Waals surface area contributed by atoms with E-state index in [4.69, 9.17) is 4.74 Å². The third kappa shape index (κ3) is 5.26. The van der Waals surface area contributed by atoms with Crippen LogP contribution in [0.1, 0.15) is 52.0 Å². The molecule has 2 heteroatoms. The maximum Gasteiger partial charge on any atom is 0.0625 e. The molecule has 0 aliphatic carbocycles. The van der Waals surface area contributed by atoms with E-state index < -0.39 is 0 Å². The Morgan fingerprint density at radius 3 is 2.35 bits per heavy atom. The third-order valence-corrected chi connectivity index (χ3v) is 3.99. The van der Waals surface area contributed by atoms with E-state index in [9.17, 15) is 0 Å². The van der Waals surface area contributed by atoms with E-state index in [2.05, 4.69) is 63.3 Å². The van der Waals surface area contributed by atoms with Crippen molar-refractivity contribution < 1.29 is 4.74 Å². The Morgan fingerprint density at radius 2 is 1.80 bits per heavy atom. The fourth-order valence-electron chi connectivity index (χ4n) is 2.79. The number of hydrogen-bond donors (Lipinski definition) is 1. The van der Waals surface area contributed by atoms with E-state index in [-0.39, 0.29) is 0 Å². The van der Waals surface area contributed by atoms with Crippen molar-refractivity contribution in [2.24, 2.45) is 5.92 Å². The predicted octanol–water partition coefficient (Wildman–Crippen LogP) is 4.22. The Morgan fingerprint density at radius 1 is 1.10 bits per heavy atom. The smallest absolute Gasteiger partial charge is 0.0625 e. The topological polar surface area (TPSA) is 21.3 Å². The summed E-state index contributed by atoms with van der Waals surface area (Å²) in [4.78, 5) is 0. The van der Waals surface area contributed by atoms with Gasteiger partial charge >= 0.3 is 0 Å². The van der Waals surface area contributed by atoms with Gasteiger partial charge in [-0.05, 0) is 24.4 Å². The summed E-state index contributed by atoms with van der Waals surface area (Å²) in [6.45, 7) is 11.6.